The van der Waals surface area contributed by atoms with E-state index >= 15 is 0 Å². The number of furan rings is 1. The molecule has 80 valence electrons. The summed E-state index contributed by atoms with van der Waals surface area (Å²) in [6.45, 7) is 5.80. The second kappa shape index (κ2) is 5.83. The molecule has 1 aromatic rings. The molecule has 0 saturated carbocycles. The Hall–Kier alpha value is -0.800. The van der Waals surface area contributed by atoms with Gasteiger partial charge in [0, 0.05) is 19.1 Å². The molecule has 1 unspecified atom stereocenters. The van der Waals surface area contributed by atoms with Crippen molar-refractivity contribution >= 4 is 0 Å². The van der Waals surface area contributed by atoms with Crippen LogP contribution in [0.2, 0.25) is 0 Å². The van der Waals surface area contributed by atoms with E-state index in [2.05, 4.69) is 19.2 Å². The highest BCUT2D eigenvalue weighted by molar-refractivity contribution is 5.21. The number of ether oxygens (including phenoxy) is 1. The number of likely N-dealkylation sites (N-methyl/N-ethyl adjacent to an activating group) is 1. The number of aryl methyl sites for hydroxylation is 1. The Labute approximate surface area is 85.4 Å². The van der Waals surface area contributed by atoms with Crippen LogP contribution in [-0.2, 0) is 11.2 Å². The molecule has 1 atom stereocenters. The fourth-order valence-corrected chi connectivity index (χ4v) is 1.62. The molecule has 0 saturated heterocycles. The minimum absolute atomic E-state index is 0.249. The zero-order valence-corrected chi connectivity index (χ0v) is 9.17. The molecular weight excluding hydrogens is 178 g/mol. The summed E-state index contributed by atoms with van der Waals surface area (Å²) in [6.07, 6.45) is 2.67. The Morgan fingerprint density at radius 1 is 1.50 bits per heavy atom. The third-order valence-electron chi connectivity index (χ3n) is 2.26. The Balaban J connectivity index is 2.75. The molecule has 0 aliphatic rings. The summed E-state index contributed by atoms with van der Waals surface area (Å²) in [7, 11) is 1.72. The van der Waals surface area contributed by atoms with E-state index < -0.39 is 0 Å². The zero-order valence-electron chi connectivity index (χ0n) is 9.17. The zero-order chi connectivity index (χ0) is 10.4. The van der Waals surface area contributed by atoms with Gasteiger partial charge in [-0.1, -0.05) is 13.8 Å². The molecule has 0 bridgehead atoms. The standard InChI is InChI=1S/C11H19NO2/c1-4-11-9(6-7-14-11)10(8-13-3)12-5-2/h6-7,10,12H,4-5,8H2,1-3H3. The molecule has 0 radical (unpaired) electrons. The molecule has 3 heteroatoms. The van der Waals surface area contributed by atoms with Crippen molar-refractivity contribution in [1.82, 2.24) is 5.32 Å². The number of hydrogen-bond donors (Lipinski definition) is 1. The SMILES string of the molecule is CCNC(COC)c1ccoc1CC. The third kappa shape index (κ3) is 2.59. The van der Waals surface area contributed by atoms with Crippen LogP contribution in [0.1, 0.15) is 31.2 Å². The maximum absolute atomic E-state index is 5.39. The van der Waals surface area contributed by atoms with Crippen LogP contribution in [0.3, 0.4) is 0 Å². The molecular formula is C11H19NO2. The van der Waals surface area contributed by atoms with Crippen LogP contribution in [0.4, 0.5) is 0 Å². The average Bonchev–Trinajstić information content (AvgIpc) is 2.65. The van der Waals surface area contributed by atoms with Crippen LogP contribution >= 0.6 is 0 Å². The summed E-state index contributed by atoms with van der Waals surface area (Å²) >= 11 is 0. The minimum atomic E-state index is 0.249. The molecule has 0 aliphatic heterocycles. The highest BCUT2D eigenvalue weighted by atomic mass is 16.5. The van der Waals surface area contributed by atoms with Crippen LogP contribution in [0, 0.1) is 0 Å². The van der Waals surface area contributed by atoms with Gasteiger partial charge < -0.3 is 14.5 Å². The largest absolute Gasteiger partial charge is 0.469 e. The molecule has 1 heterocycles. The van der Waals surface area contributed by atoms with E-state index in [-0.39, 0.29) is 6.04 Å². The maximum atomic E-state index is 5.39. The van der Waals surface area contributed by atoms with Gasteiger partial charge in [0.05, 0.1) is 18.9 Å². The van der Waals surface area contributed by atoms with Gasteiger partial charge in [0.1, 0.15) is 5.76 Å². The molecule has 0 amide bonds. The maximum Gasteiger partial charge on any atom is 0.108 e. The van der Waals surface area contributed by atoms with E-state index in [0.717, 1.165) is 18.7 Å². The van der Waals surface area contributed by atoms with E-state index in [0.29, 0.717) is 6.61 Å². The highest BCUT2D eigenvalue weighted by Crippen LogP contribution is 2.20. The van der Waals surface area contributed by atoms with E-state index in [1.54, 1.807) is 13.4 Å². The molecule has 1 aromatic heterocycles. The van der Waals surface area contributed by atoms with Gasteiger partial charge in [-0.15, -0.1) is 0 Å². The van der Waals surface area contributed by atoms with Gasteiger partial charge in [-0.25, -0.2) is 0 Å². The van der Waals surface area contributed by atoms with Crippen molar-refractivity contribution in [2.45, 2.75) is 26.3 Å². The lowest BCUT2D eigenvalue weighted by molar-refractivity contribution is 0.167. The van der Waals surface area contributed by atoms with Crippen LogP contribution in [0.25, 0.3) is 0 Å². The lowest BCUT2D eigenvalue weighted by Crippen LogP contribution is -2.25. The van der Waals surface area contributed by atoms with Gasteiger partial charge in [0.2, 0.25) is 0 Å². The van der Waals surface area contributed by atoms with E-state index in [1.165, 1.54) is 5.56 Å². The number of nitrogens with one attached hydrogen (secondary N) is 1. The number of methoxy groups -OCH3 is 1. The summed E-state index contributed by atoms with van der Waals surface area (Å²) in [4.78, 5) is 0. The van der Waals surface area contributed by atoms with Gasteiger partial charge in [0.25, 0.3) is 0 Å². The van der Waals surface area contributed by atoms with Gasteiger partial charge in [-0.3, -0.25) is 0 Å². The summed E-state index contributed by atoms with van der Waals surface area (Å²) < 4.78 is 10.6. The molecule has 0 spiro atoms. The average molecular weight is 197 g/mol. The topological polar surface area (TPSA) is 34.4 Å². The smallest absolute Gasteiger partial charge is 0.108 e. The van der Waals surface area contributed by atoms with Crippen molar-refractivity contribution in [3.05, 3.63) is 23.7 Å². The van der Waals surface area contributed by atoms with Gasteiger partial charge in [0.15, 0.2) is 0 Å². The lowest BCUT2D eigenvalue weighted by atomic mass is 10.1. The molecule has 1 rings (SSSR count). The Bertz CT molecular complexity index is 252. The summed E-state index contributed by atoms with van der Waals surface area (Å²) in [5.41, 5.74) is 1.22. The predicted octanol–water partition coefficient (Wildman–Crippen LogP) is 2.14. The van der Waals surface area contributed by atoms with Crippen molar-refractivity contribution in [1.29, 1.82) is 0 Å². The number of hydrogen-bond acceptors (Lipinski definition) is 3. The van der Waals surface area contributed by atoms with Crippen LogP contribution in [-0.4, -0.2) is 20.3 Å². The second-order valence-electron chi connectivity index (χ2n) is 3.22. The Morgan fingerprint density at radius 2 is 2.29 bits per heavy atom. The first-order valence-corrected chi connectivity index (χ1v) is 5.12. The first kappa shape index (κ1) is 11.3. The first-order valence-electron chi connectivity index (χ1n) is 5.12. The van der Waals surface area contributed by atoms with E-state index in [4.69, 9.17) is 9.15 Å². The first-order chi connectivity index (χ1) is 6.83. The quantitative estimate of drug-likeness (QED) is 0.758. The number of rotatable bonds is 6. The molecule has 0 fully saturated rings. The van der Waals surface area contributed by atoms with Crippen LogP contribution in [0.15, 0.2) is 16.7 Å². The monoisotopic (exact) mass is 197 g/mol. The van der Waals surface area contributed by atoms with E-state index in [1.807, 2.05) is 6.07 Å². The summed E-state index contributed by atoms with van der Waals surface area (Å²) in [5, 5.41) is 3.38. The molecule has 3 nitrogen and oxygen atoms in total. The minimum Gasteiger partial charge on any atom is -0.469 e. The fraction of sp³-hybridized carbons (Fsp3) is 0.636. The third-order valence-corrected chi connectivity index (χ3v) is 2.26. The highest BCUT2D eigenvalue weighted by Gasteiger charge is 2.15. The van der Waals surface area contributed by atoms with Crippen molar-refractivity contribution in [2.75, 3.05) is 20.3 Å². The predicted molar refractivity (Wildman–Crippen MR) is 56.4 cm³/mol. The van der Waals surface area contributed by atoms with E-state index in [9.17, 15) is 0 Å². The molecule has 0 aliphatic carbocycles. The lowest BCUT2D eigenvalue weighted by Gasteiger charge is -2.16. The van der Waals surface area contributed by atoms with Crippen molar-refractivity contribution in [2.24, 2.45) is 0 Å². The Morgan fingerprint density at radius 3 is 2.86 bits per heavy atom. The van der Waals surface area contributed by atoms with Gasteiger partial charge in [-0.2, -0.15) is 0 Å². The van der Waals surface area contributed by atoms with Crippen LogP contribution in [0.5, 0.6) is 0 Å². The Kier molecular flexibility index (Phi) is 4.70. The van der Waals surface area contributed by atoms with Crippen LogP contribution < -0.4 is 5.32 Å². The van der Waals surface area contributed by atoms with Crippen molar-refractivity contribution in [3.63, 3.8) is 0 Å². The van der Waals surface area contributed by atoms with Gasteiger partial charge >= 0.3 is 0 Å². The summed E-state index contributed by atoms with van der Waals surface area (Å²) in [5.74, 6) is 1.05. The fourth-order valence-electron chi connectivity index (χ4n) is 1.62. The normalized spacial score (nSPS) is 13.1. The van der Waals surface area contributed by atoms with Gasteiger partial charge in [-0.05, 0) is 12.6 Å². The summed E-state index contributed by atoms with van der Waals surface area (Å²) in [6, 6.07) is 2.27. The van der Waals surface area contributed by atoms with Crippen molar-refractivity contribution < 1.29 is 9.15 Å². The molecule has 0 aromatic carbocycles. The molecule has 14 heavy (non-hydrogen) atoms. The molecule has 1 N–H and O–H groups in total. The van der Waals surface area contributed by atoms with Crippen molar-refractivity contribution in [3.8, 4) is 0 Å². The second-order valence-corrected chi connectivity index (χ2v) is 3.22.